The highest BCUT2D eigenvalue weighted by molar-refractivity contribution is 7.89. The molecule has 3 aliphatic rings. The molecule has 0 aromatic heterocycles. The topological polar surface area (TPSA) is 125 Å². The molecule has 2 saturated heterocycles. The van der Waals surface area contributed by atoms with Crippen LogP contribution in [0.4, 0.5) is 5.69 Å². The van der Waals surface area contributed by atoms with Crippen LogP contribution in [0.2, 0.25) is 0 Å². The summed E-state index contributed by atoms with van der Waals surface area (Å²) in [6.07, 6.45) is -0.426. The normalized spacial score (nSPS) is 34.7. The smallest absolute Gasteiger partial charge is 0.302 e. The molecule has 1 aromatic carbocycles. The number of nitro groups is 1. The Morgan fingerprint density at radius 2 is 1.97 bits per heavy atom. The Labute approximate surface area is 167 Å². The predicted octanol–water partition coefficient (Wildman–Crippen LogP) is 1.44. The molecule has 1 aliphatic carbocycles. The summed E-state index contributed by atoms with van der Waals surface area (Å²) in [6, 6.07) is 4.81. The number of rotatable bonds is 5. The Balaban J connectivity index is 1.60. The van der Waals surface area contributed by atoms with Crippen molar-refractivity contribution >= 4 is 21.7 Å². The van der Waals surface area contributed by atoms with Gasteiger partial charge in [0.25, 0.3) is 5.69 Å². The van der Waals surface area contributed by atoms with E-state index in [4.69, 9.17) is 14.2 Å². The number of non-ortho nitro benzene ring substituents is 1. The molecule has 1 unspecified atom stereocenters. The maximum Gasteiger partial charge on any atom is 0.302 e. The van der Waals surface area contributed by atoms with Gasteiger partial charge in [-0.15, -0.1) is 0 Å². The molecule has 1 aromatic rings. The fourth-order valence-corrected chi connectivity index (χ4v) is 6.20. The Hall–Kier alpha value is -2.08. The lowest BCUT2D eigenvalue weighted by atomic mass is 10.0. The molecule has 2 heterocycles. The first-order valence-corrected chi connectivity index (χ1v) is 10.7. The minimum Gasteiger partial charge on any atom is -0.465 e. The van der Waals surface area contributed by atoms with Crippen molar-refractivity contribution in [3.63, 3.8) is 0 Å². The van der Waals surface area contributed by atoms with E-state index < -0.39 is 38.3 Å². The van der Waals surface area contributed by atoms with Gasteiger partial charge in [0, 0.05) is 31.5 Å². The van der Waals surface area contributed by atoms with Gasteiger partial charge >= 0.3 is 5.97 Å². The first-order chi connectivity index (χ1) is 13.5. The molecule has 4 rings (SSSR count). The van der Waals surface area contributed by atoms with Crippen molar-refractivity contribution in [3.8, 4) is 0 Å². The van der Waals surface area contributed by atoms with Crippen LogP contribution in [0.15, 0.2) is 29.2 Å². The van der Waals surface area contributed by atoms with Crippen molar-refractivity contribution in [1.29, 1.82) is 0 Å². The number of fused-ring (bicyclic) bond motifs is 2. The van der Waals surface area contributed by atoms with E-state index in [0.717, 1.165) is 0 Å². The van der Waals surface area contributed by atoms with E-state index in [-0.39, 0.29) is 35.8 Å². The number of carbonyl (C=O) groups excluding carboxylic acids is 1. The number of nitro benzene ring substituents is 1. The number of hydrogen-bond donors (Lipinski definition) is 0. The second-order valence-electron chi connectivity index (χ2n) is 8.15. The molecule has 1 saturated carbocycles. The van der Waals surface area contributed by atoms with E-state index in [1.165, 1.54) is 35.5 Å². The number of carbonyl (C=O) groups is 1. The molecule has 0 amide bonds. The first-order valence-electron chi connectivity index (χ1n) is 9.23. The van der Waals surface area contributed by atoms with Gasteiger partial charge in [-0.25, -0.2) is 8.42 Å². The summed E-state index contributed by atoms with van der Waals surface area (Å²) in [5.74, 6) is -1.47. The van der Waals surface area contributed by atoms with Crippen molar-refractivity contribution in [2.24, 2.45) is 5.92 Å². The molecule has 3 fully saturated rings. The molecule has 2 aliphatic heterocycles. The Morgan fingerprint density at radius 1 is 1.31 bits per heavy atom. The second kappa shape index (κ2) is 6.46. The summed E-state index contributed by atoms with van der Waals surface area (Å²) in [5.41, 5.74) is -0.953. The van der Waals surface area contributed by atoms with Gasteiger partial charge < -0.3 is 14.2 Å². The van der Waals surface area contributed by atoms with E-state index in [2.05, 4.69) is 0 Å². The van der Waals surface area contributed by atoms with Crippen molar-refractivity contribution in [3.05, 3.63) is 34.4 Å². The van der Waals surface area contributed by atoms with Crippen LogP contribution in [0.5, 0.6) is 0 Å². The van der Waals surface area contributed by atoms with Gasteiger partial charge in [0.1, 0.15) is 6.10 Å². The van der Waals surface area contributed by atoms with Crippen molar-refractivity contribution in [2.75, 3.05) is 13.2 Å². The zero-order valence-electron chi connectivity index (χ0n) is 16.2. The summed E-state index contributed by atoms with van der Waals surface area (Å²) < 4.78 is 44.8. The predicted molar refractivity (Wildman–Crippen MR) is 98.3 cm³/mol. The van der Waals surface area contributed by atoms with Crippen LogP contribution in [-0.4, -0.2) is 60.3 Å². The van der Waals surface area contributed by atoms with Crippen LogP contribution in [0.25, 0.3) is 0 Å². The van der Waals surface area contributed by atoms with Gasteiger partial charge in [-0.1, -0.05) is 0 Å². The highest BCUT2D eigenvalue weighted by Crippen LogP contribution is 2.57. The maximum absolute atomic E-state index is 13.1. The fraction of sp³-hybridized carbons (Fsp3) is 0.611. The number of nitrogens with zero attached hydrogens (tertiary/aromatic N) is 2. The summed E-state index contributed by atoms with van der Waals surface area (Å²) in [4.78, 5) is 21.5. The van der Waals surface area contributed by atoms with Gasteiger partial charge in [0.2, 0.25) is 10.0 Å². The molecular formula is C18H22N2O8S. The lowest BCUT2D eigenvalue weighted by Crippen LogP contribution is -2.36. The molecule has 0 radical (unpaired) electrons. The largest absolute Gasteiger partial charge is 0.465 e. The minimum atomic E-state index is -3.86. The molecule has 1 spiro atoms. The number of benzene rings is 1. The van der Waals surface area contributed by atoms with E-state index in [1.807, 2.05) is 0 Å². The van der Waals surface area contributed by atoms with Crippen LogP contribution in [0.3, 0.4) is 0 Å². The zero-order valence-corrected chi connectivity index (χ0v) is 17.0. The Morgan fingerprint density at radius 3 is 2.55 bits per heavy atom. The van der Waals surface area contributed by atoms with Gasteiger partial charge in [0.15, 0.2) is 5.79 Å². The third-order valence-electron chi connectivity index (χ3n) is 5.69. The highest BCUT2D eigenvalue weighted by Gasteiger charge is 2.74. The van der Waals surface area contributed by atoms with Gasteiger partial charge in [-0.3, -0.25) is 14.9 Å². The minimum absolute atomic E-state index is 0.0156. The van der Waals surface area contributed by atoms with Crippen molar-refractivity contribution < 1.29 is 32.3 Å². The summed E-state index contributed by atoms with van der Waals surface area (Å²) in [5, 5.41) is 10.8. The molecule has 5 atom stereocenters. The van der Waals surface area contributed by atoms with Crippen LogP contribution >= 0.6 is 0 Å². The van der Waals surface area contributed by atoms with E-state index >= 15 is 0 Å². The van der Waals surface area contributed by atoms with E-state index in [9.17, 15) is 23.3 Å². The van der Waals surface area contributed by atoms with Gasteiger partial charge in [-0.2, -0.15) is 4.31 Å². The van der Waals surface area contributed by atoms with E-state index in [1.54, 1.807) is 13.8 Å². The number of sulfonamides is 1. The monoisotopic (exact) mass is 426 g/mol. The molecule has 0 bridgehead atoms. The van der Waals surface area contributed by atoms with Gasteiger partial charge in [0.05, 0.1) is 28.1 Å². The first kappa shape index (κ1) is 20.2. The maximum atomic E-state index is 13.1. The van der Waals surface area contributed by atoms with Crippen LogP contribution in [0.1, 0.15) is 27.2 Å². The second-order valence-corrected chi connectivity index (χ2v) is 10.0. The summed E-state index contributed by atoms with van der Waals surface area (Å²) in [6.45, 7) is 5.23. The SMILES string of the molecule is CC(=O)OC[C@H]1C[C@]2(CN2S(=O)(=O)c2ccc([N+](=O)[O-])cc2)[C@@H]2OC(C)(C)O[C@H]12. The van der Waals surface area contributed by atoms with Gasteiger partial charge in [-0.05, 0) is 32.4 Å². The average molecular weight is 426 g/mol. The number of esters is 1. The molecule has 10 nitrogen and oxygen atoms in total. The molecule has 158 valence electrons. The zero-order chi connectivity index (χ0) is 21.2. The van der Waals surface area contributed by atoms with Crippen LogP contribution < -0.4 is 0 Å². The standard InChI is InChI=1S/C18H22N2O8S/c1-11(21)26-9-12-8-18(16-15(12)27-17(2,3)28-16)10-19(18)29(24,25)14-6-4-13(5-7-14)20(22)23/h4-7,12,15-16H,8-10H2,1-3H3/t12-,15-,16-,18+,19?/m1/s1. The van der Waals surface area contributed by atoms with Crippen molar-refractivity contribution in [1.82, 2.24) is 4.31 Å². The summed E-state index contributed by atoms with van der Waals surface area (Å²) in [7, 11) is -3.86. The molecular weight excluding hydrogens is 404 g/mol. The summed E-state index contributed by atoms with van der Waals surface area (Å²) >= 11 is 0. The Bertz CT molecular complexity index is 961. The lowest BCUT2D eigenvalue weighted by Gasteiger charge is -2.23. The third kappa shape index (κ3) is 3.31. The lowest BCUT2D eigenvalue weighted by molar-refractivity contribution is -0.384. The molecule has 29 heavy (non-hydrogen) atoms. The number of hydrogen-bond acceptors (Lipinski definition) is 8. The van der Waals surface area contributed by atoms with Crippen LogP contribution in [-0.2, 0) is 29.0 Å². The Kier molecular flexibility index (Phi) is 4.50. The third-order valence-corrected chi connectivity index (χ3v) is 7.63. The molecule has 0 N–H and O–H groups in total. The number of ether oxygens (including phenoxy) is 3. The van der Waals surface area contributed by atoms with Crippen molar-refractivity contribution in [2.45, 2.75) is 55.6 Å². The van der Waals surface area contributed by atoms with Crippen LogP contribution in [0, 0.1) is 16.0 Å². The molecule has 11 heteroatoms. The fourth-order valence-electron chi connectivity index (χ4n) is 4.42. The van der Waals surface area contributed by atoms with E-state index in [0.29, 0.717) is 6.42 Å². The average Bonchev–Trinajstić information content (AvgIpc) is 3.20. The quantitative estimate of drug-likeness (QED) is 0.300. The highest BCUT2D eigenvalue weighted by atomic mass is 32.2.